The number of anilines is 2. The Hall–Kier alpha value is -4.05. The van der Waals surface area contributed by atoms with Crippen LogP contribution in [0, 0.1) is 0 Å². The topological polar surface area (TPSA) is 112 Å². The van der Waals surface area contributed by atoms with E-state index in [9.17, 15) is 14.4 Å². The van der Waals surface area contributed by atoms with Crippen LogP contribution < -0.4 is 24.8 Å². The largest absolute Gasteiger partial charge is 0.497 e. The highest BCUT2D eigenvalue weighted by atomic mass is 32.1. The van der Waals surface area contributed by atoms with E-state index in [1.54, 1.807) is 31.4 Å². The Labute approximate surface area is 207 Å². The van der Waals surface area contributed by atoms with Crippen LogP contribution in [0.3, 0.4) is 0 Å². The molecule has 9 nitrogen and oxygen atoms in total. The number of esters is 1. The van der Waals surface area contributed by atoms with E-state index < -0.39 is 18.0 Å². The van der Waals surface area contributed by atoms with Gasteiger partial charge in [-0.25, -0.2) is 4.79 Å². The van der Waals surface area contributed by atoms with Crippen molar-refractivity contribution in [1.82, 2.24) is 0 Å². The van der Waals surface area contributed by atoms with E-state index in [0.717, 1.165) is 4.88 Å². The van der Waals surface area contributed by atoms with Gasteiger partial charge in [0.1, 0.15) is 5.75 Å². The van der Waals surface area contributed by atoms with E-state index in [2.05, 4.69) is 10.6 Å². The maximum absolute atomic E-state index is 13.0. The van der Waals surface area contributed by atoms with Crippen LogP contribution in [0.5, 0.6) is 17.2 Å². The first kappa shape index (κ1) is 25.6. The monoisotopic (exact) mass is 498 g/mol. The Balaban J connectivity index is 1.76. The second kappa shape index (κ2) is 11.9. The van der Waals surface area contributed by atoms with E-state index in [-0.39, 0.29) is 29.3 Å². The summed E-state index contributed by atoms with van der Waals surface area (Å²) >= 11 is 1.45. The van der Waals surface area contributed by atoms with E-state index >= 15 is 0 Å². The smallest absolute Gasteiger partial charge is 0.341 e. The van der Waals surface area contributed by atoms with Gasteiger partial charge < -0.3 is 29.6 Å². The van der Waals surface area contributed by atoms with Gasteiger partial charge in [-0.15, -0.1) is 11.3 Å². The summed E-state index contributed by atoms with van der Waals surface area (Å²) in [6, 6.07) is 13.3. The van der Waals surface area contributed by atoms with Crippen molar-refractivity contribution in [2.24, 2.45) is 0 Å². The molecular weight excluding hydrogens is 472 g/mol. The van der Waals surface area contributed by atoms with Gasteiger partial charge in [0.15, 0.2) is 17.6 Å². The van der Waals surface area contributed by atoms with Gasteiger partial charge in [0, 0.05) is 22.7 Å². The molecule has 10 heteroatoms. The first-order valence-corrected chi connectivity index (χ1v) is 11.5. The molecule has 184 valence electrons. The molecule has 0 aliphatic heterocycles. The third kappa shape index (κ3) is 6.73. The zero-order valence-corrected chi connectivity index (χ0v) is 20.6. The van der Waals surface area contributed by atoms with Crippen LogP contribution >= 0.6 is 11.3 Å². The molecule has 3 aromatic rings. The van der Waals surface area contributed by atoms with Crippen molar-refractivity contribution in [3.8, 4) is 17.2 Å². The summed E-state index contributed by atoms with van der Waals surface area (Å²) in [6.07, 6.45) is -0.978. The van der Waals surface area contributed by atoms with Crippen molar-refractivity contribution in [3.63, 3.8) is 0 Å². The van der Waals surface area contributed by atoms with Crippen LogP contribution in [0.2, 0.25) is 0 Å². The number of hydrogen-bond acceptors (Lipinski definition) is 8. The van der Waals surface area contributed by atoms with Crippen molar-refractivity contribution in [1.29, 1.82) is 0 Å². The fourth-order valence-corrected chi connectivity index (χ4v) is 3.82. The van der Waals surface area contributed by atoms with Gasteiger partial charge in [-0.2, -0.15) is 0 Å². The number of nitrogens with one attached hydrogen (secondary N) is 2. The van der Waals surface area contributed by atoms with E-state index in [0.29, 0.717) is 17.2 Å². The number of methoxy groups -OCH3 is 3. The highest BCUT2D eigenvalue weighted by Crippen LogP contribution is 2.34. The van der Waals surface area contributed by atoms with Crippen LogP contribution in [0.1, 0.15) is 22.2 Å². The average molecular weight is 499 g/mol. The summed E-state index contributed by atoms with van der Waals surface area (Å²) in [6.45, 7) is 1.45. The second-order valence-corrected chi connectivity index (χ2v) is 8.35. The number of ether oxygens (including phenoxy) is 4. The normalized spacial score (nSPS) is 11.2. The number of amides is 2. The van der Waals surface area contributed by atoms with Gasteiger partial charge in [-0.3, -0.25) is 9.59 Å². The van der Waals surface area contributed by atoms with E-state index in [1.165, 1.54) is 44.6 Å². The van der Waals surface area contributed by atoms with Crippen molar-refractivity contribution >= 4 is 40.5 Å². The summed E-state index contributed by atoms with van der Waals surface area (Å²) in [5, 5.41) is 7.28. The van der Waals surface area contributed by atoms with Crippen LogP contribution in [0.4, 0.5) is 11.4 Å². The maximum Gasteiger partial charge on any atom is 0.341 e. The molecule has 0 fully saturated rings. The molecule has 3 rings (SSSR count). The number of carbonyl (C=O) groups is 3. The number of rotatable bonds is 10. The molecular formula is C25H26N2O7S. The fraction of sp³-hybridized carbons (Fsp3) is 0.240. The SMILES string of the molecule is COc1ccc(NC(=O)[C@H](C)OC(=O)c2cc(OC)c(OC)cc2NC(=O)Cc2cccs2)cc1. The summed E-state index contributed by atoms with van der Waals surface area (Å²) in [5.41, 5.74) is 0.717. The minimum absolute atomic E-state index is 0.0197. The van der Waals surface area contributed by atoms with Gasteiger partial charge in [-0.05, 0) is 42.6 Å². The molecule has 1 heterocycles. The first-order chi connectivity index (χ1) is 16.8. The lowest BCUT2D eigenvalue weighted by atomic mass is 10.1. The van der Waals surface area contributed by atoms with Crippen molar-refractivity contribution < 1.29 is 33.3 Å². The molecule has 35 heavy (non-hydrogen) atoms. The minimum atomic E-state index is -1.12. The average Bonchev–Trinajstić information content (AvgIpc) is 3.36. The molecule has 0 saturated heterocycles. The molecule has 0 aliphatic carbocycles. The number of carbonyl (C=O) groups excluding carboxylic acids is 3. The lowest BCUT2D eigenvalue weighted by Gasteiger charge is -2.17. The third-order valence-electron chi connectivity index (χ3n) is 4.94. The highest BCUT2D eigenvalue weighted by Gasteiger charge is 2.24. The number of benzene rings is 2. The predicted molar refractivity (Wildman–Crippen MR) is 133 cm³/mol. The van der Waals surface area contributed by atoms with Crippen molar-refractivity contribution in [3.05, 3.63) is 64.4 Å². The standard InChI is InChI=1S/C25H26N2O7S/c1-15(24(29)26-16-7-9-17(31-2)10-8-16)34-25(30)19-13-21(32-3)22(33-4)14-20(19)27-23(28)12-18-6-5-11-35-18/h5-11,13-15H,12H2,1-4H3,(H,26,29)(H,27,28)/t15-/m0/s1. The molecule has 2 aromatic carbocycles. The van der Waals surface area contributed by atoms with Crippen LogP contribution in [-0.2, 0) is 20.7 Å². The zero-order chi connectivity index (χ0) is 25.4. The van der Waals surface area contributed by atoms with Gasteiger partial charge in [0.05, 0.1) is 39.0 Å². The first-order valence-electron chi connectivity index (χ1n) is 10.6. The molecule has 1 aromatic heterocycles. The molecule has 0 spiro atoms. The highest BCUT2D eigenvalue weighted by molar-refractivity contribution is 7.10. The molecule has 0 aliphatic rings. The Kier molecular flexibility index (Phi) is 8.69. The molecule has 0 unspecified atom stereocenters. The van der Waals surface area contributed by atoms with E-state index in [1.807, 2.05) is 17.5 Å². The summed E-state index contributed by atoms with van der Waals surface area (Å²) in [7, 11) is 4.41. The summed E-state index contributed by atoms with van der Waals surface area (Å²) in [4.78, 5) is 39.0. The van der Waals surface area contributed by atoms with Crippen molar-refractivity contribution in [2.45, 2.75) is 19.4 Å². The fourth-order valence-electron chi connectivity index (χ4n) is 3.11. The summed E-state index contributed by atoms with van der Waals surface area (Å²) < 4.78 is 21.1. The Morgan fingerprint density at radius 1 is 0.914 bits per heavy atom. The third-order valence-corrected chi connectivity index (χ3v) is 5.82. The van der Waals surface area contributed by atoms with Crippen LogP contribution in [-0.4, -0.2) is 45.2 Å². The van der Waals surface area contributed by atoms with E-state index in [4.69, 9.17) is 18.9 Å². The van der Waals surface area contributed by atoms with Gasteiger partial charge >= 0.3 is 5.97 Å². The predicted octanol–water partition coefficient (Wildman–Crippen LogP) is 4.14. The number of hydrogen-bond donors (Lipinski definition) is 2. The van der Waals surface area contributed by atoms with Crippen molar-refractivity contribution in [2.75, 3.05) is 32.0 Å². The van der Waals surface area contributed by atoms with Gasteiger partial charge in [0.2, 0.25) is 5.91 Å². The Morgan fingerprint density at radius 3 is 2.20 bits per heavy atom. The molecule has 1 atom stereocenters. The minimum Gasteiger partial charge on any atom is -0.497 e. The zero-order valence-electron chi connectivity index (χ0n) is 19.7. The molecule has 0 radical (unpaired) electrons. The Bertz CT molecular complexity index is 1180. The lowest BCUT2D eigenvalue weighted by Crippen LogP contribution is -2.30. The molecule has 2 amide bonds. The van der Waals surface area contributed by atoms with Crippen LogP contribution in [0.25, 0.3) is 0 Å². The van der Waals surface area contributed by atoms with Gasteiger partial charge in [-0.1, -0.05) is 6.07 Å². The molecule has 0 saturated carbocycles. The number of thiophene rings is 1. The molecule has 0 bridgehead atoms. The summed E-state index contributed by atoms with van der Waals surface area (Å²) in [5.74, 6) is -0.419. The molecule has 2 N–H and O–H groups in total. The van der Waals surface area contributed by atoms with Crippen LogP contribution in [0.15, 0.2) is 53.9 Å². The maximum atomic E-state index is 13.0. The quantitative estimate of drug-likeness (QED) is 0.404. The lowest BCUT2D eigenvalue weighted by molar-refractivity contribution is -0.123. The van der Waals surface area contributed by atoms with Gasteiger partial charge in [0.25, 0.3) is 5.91 Å². The Morgan fingerprint density at radius 2 is 1.60 bits per heavy atom. The second-order valence-electron chi connectivity index (χ2n) is 7.32.